The summed E-state index contributed by atoms with van der Waals surface area (Å²) in [7, 11) is 2.87. The van der Waals surface area contributed by atoms with Gasteiger partial charge in [-0.05, 0) is 42.0 Å². The molecule has 2 atom stereocenters. The zero-order chi connectivity index (χ0) is 19.6. The van der Waals surface area contributed by atoms with Crippen LogP contribution in [0.3, 0.4) is 0 Å². The Morgan fingerprint density at radius 2 is 1.59 bits per heavy atom. The SMILES string of the molecule is COC(=O)c1ccc([C@H]2[C@@H](OC(C)=O)C(=O)N2c2ccc(OC)cc2)cc1. The maximum absolute atomic E-state index is 12.6. The molecule has 1 aliphatic heterocycles. The molecule has 0 N–H and O–H groups in total. The summed E-state index contributed by atoms with van der Waals surface area (Å²) in [4.78, 5) is 37.2. The molecule has 0 spiro atoms. The molecule has 1 amide bonds. The summed E-state index contributed by atoms with van der Waals surface area (Å²) in [6.45, 7) is 1.26. The van der Waals surface area contributed by atoms with E-state index in [-0.39, 0.29) is 5.91 Å². The summed E-state index contributed by atoms with van der Waals surface area (Å²) < 4.78 is 15.1. The van der Waals surface area contributed by atoms with Gasteiger partial charge in [-0.15, -0.1) is 0 Å². The average molecular weight is 369 g/mol. The number of methoxy groups -OCH3 is 2. The number of hydrogen-bond acceptors (Lipinski definition) is 6. The number of carbonyl (C=O) groups is 3. The van der Waals surface area contributed by atoms with Gasteiger partial charge in [0.15, 0.2) is 0 Å². The third-order valence-corrected chi connectivity index (χ3v) is 4.36. The molecule has 1 aliphatic rings. The Kier molecular flexibility index (Phi) is 5.12. The van der Waals surface area contributed by atoms with Gasteiger partial charge in [0.2, 0.25) is 6.10 Å². The van der Waals surface area contributed by atoms with Crippen LogP contribution in [-0.4, -0.2) is 38.2 Å². The van der Waals surface area contributed by atoms with Gasteiger partial charge in [-0.1, -0.05) is 12.1 Å². The standard InChI is InChI=1S/C20H19NO6/c1-12(22)27-18-17(13-4-6-14(7-5-13)20(24)26-3)21(19(18)23)15-8-10-16(25-2)11-9-15/h4-11,17-18H,1-3H3/t17-,18+/m0/s1. The van der Waals surface area contributed by atoms with Crippen LogP contribution in [0.5, 0.6) is 5.75 Å². The minimum Gasteiger partial charge on any atom is -0.497 e. The van der Waals surface area contributed by atoms with Crippen molar-refractivity contribution >= 4 is 23.5 Å². The number of hydrogen-bond donors (Lipinski definition) is 0. The predicted octanol–water partition coefficient (Wildman–Crippen LogP) is 2.50. The van der Waals surface area contributed by atoms with E-state index in [9.17, 15) is 14.4 Å². The smallest absolute Gasteiger partial charge is 0.337 e. The van der Waals surface area contributed by atoms with E-state index in [0.29, 0.717) is 17.0 Å². The normalized spacial score (nSPS) is 18.5. The van der Waals surface area contributed by atoms with Crippen LogP contribution in [0.15, 0.2) is 48.5 Å². The molecule has 1 heterocycles. The van der Waals surface area contributed by atoms with Crippen LogP contribution >= 0.6 is 0 Å². The Labute approximate surface area is 156 Å². The zero-order valence-electron chi connectivity index (χ0n) is 15.2. The topological polar surface area (TPSA) is 82.1 Å². The van der Waals surface area contributed by atoms with Gasteiger partial charge in [0, 0.05) is 12.6 Å². The van der Waals surface area contributed by atoms with Gasteiger partial charge in [0.25, 0.3) is 5.91 Å². The van der Waals surface area contributed by atoms with Crippen molar-refractivity contribution in [3.05, 3.63) is 59.7 Å². The Morgan fingerprint density at radius 1 is 0.963 bits per heavy atom. The number of amides is 1. The molecule has 0 aliphatic carbocycles. The lowest BCUT2D eigenvalue weighted by Gasteiger charge is -2.46. The average Bonchev–Trinajstić information content (AvgIpc) is 2.69. The quantitative estimate of drug-likeness (QED) is 0.595. The molecule has 3 rings (SSSR count). The van der Waals surface area contributed by atoms with Crippen molar-refractivity contribution in [1.29, 1.82) is 0 Å². The van der Waals surface area contributed by atoms with E-state index in [1.54, 1.807) is 60.5 Å². The van der Waals surface area contributed by atoms with Crippen LogP contribution in [0.2, 0.25) is 0 Å². The highest BCUT2D eigenvalue weighted by Crippen LogP contribution is 2.41. The van der Waals surface area contributed by atoms with Crippen LogP contribution in [0, 0.1) is 0 Å². The first-order chi connectivity index (χ1) is 13.0. The monoisotopic (exact) mass is 369 g/mol. The van der Waals surface area contributed by atoms with Crippen molar-refractivity contribution in [3.8, 4) is 5.75 Å². The van der Waals surface area contributed by atoms with E-state index >= 15 is 0 Å². The molecule has 7 heteroatoms. The summed E-state index contributed by atoms with van der Waals surface area (Å²) in [5.74, 6) is -0.617. The lowest BCUT2D eigenvalue weighted by molar-refractivity contribution is -0.160. The van der Waals surface area contributed by atoms with Gasteiger partial charge in [-0.25, -0.2) is 4.79 Å². The molecule has 0 radical (unpaired) electrons. The molecule has 1 saturated heterocycles. The summed E-state index contributed by atoms with van der Waals surface area (Å²) >= 11 is 0. The van der Waals surface area contributed by atoms with E-state index in [0.717, 1.165) is 5.56 Å². The third-order valence-electron chi connectivity index (χ3n) is 4.36. The molecular formula is C20H19NO6. The van der Waals surface area contributed by atoms with E-state index in [4.69, 9.17) is 14.2 Å². The number of carbonyl (C=O) groups excluding carboxylic acids is 3. The fraction of sp³-hybridized carbons (Fsp3) is 0.250. The highest BCUT2D eigenvalue weighted by atomic mass is 16.6. The lowest BCUT2D eigenvalue weighted by atomic mass is 9.89. The Bertz CT molecular complexity index is 859. The molecular weight excluding hydrogens is 350 g/mol. The van der Waals surface area contributed by atoms with Gasteiger partial charge in [0.05, 0.1) is 19.8 Å². The third kappa shape index (κ3) is 3.48. The number of ether oxygens (including phenoxy) is 3. The van der Waals surface area contributed by atoms with Crippen molar-refractivity contribution in [2.24, 2.45) is 0 Å². The van der Waals surface area contributed by atoms with E-state index < -0.39 is 24.1 Å². The van der Waals surface area contributed by atoms with Crippen LogP contribution in [-0.2, 0) is 19.1 Å². The van der Waals surface area contributed by atoms with Gasteiger partial charge in [-0.2, -0.15) is 0 Å². The first-order valence-corrected chi connectivity index (χ1v) is 8.29. The molecule has 7 nitrogen and oxygen atoms in total. The molecule has 27 heavy (non-hydrogen) atoms. The maximum Gasteiger partial charge on any atom is 0.337 e. The van der Waals surface area contributed by atoms with Gasteiger partial charge < -0.3 is 14.2 Å². The first-order valence-electron chi connectivity index (χ1n) is 8.29. The van der Waals surface area contributed by atoms with Crippen molar-refractivity contribution in [2.45, 2.75) is 19.1 Å². The first kappa shape index (κ1) is 18.4. The molecule has 0 saturated carbocycles. The summed E-state index contributed by atoms with van der Waals surface area (Å²) in [6.07, 6.45) is -0.909. The highest BCUT2D eigenvalue weighted by Gasteiger charge is 2.51. The molecule has 1 fully saturated rings. The van der Waals surface area contributed by atoms with Crippen LogP contribution in [0.25, 0.3) is 0 Å². The Morgan fingerprint density at radius 3 is 2.11 bits per heavy atom. The number of benzene rings is 2. The summed E-state index contributed by atoms with van der Waals surface area (Å²) in [6, 6.07) is 13.2. The van der Waals surface area contributed by atoms with Gasteiger partial charge >= 0.3 is 11.9 Å². The van der Waals surface area contributed by atoms with Crippen molar-refractivity contribution in [1.82, 2.24) is 0 Å². The van der Waals surface area contributed by atoms with Crippen LogP contribution in [0.4, 0.5) is 5.69 Å². The predicted molar refractivity (Wildman–Crippen MR) is 96.6 cm³/mol. The maximum atomic E-state index is 12.6. The van der Waals surface area contributed by atoms with Gasteiger partial charge in [0.1, 0.15) is 11.8 Å². The number of nitrogens with zero attached hydrogens (tertiary/aromatic N) is 1. The molecule has 2 aromatic rings. The van der Waals surface area contributed by atoms with Gasteiger partial charge in [-0.3, -0.25) is 14.5 Å². The molecule has 140 valence electrons. The van der Waals surface area contributed by atoms with E-state index in [1.165, 1.54) is 14.0 Å². The molecule has 2 aromatic carbocycles. The van der Waals surface area contributed by atoms with Crippen LogP contribution in [0.1, 0.15) is 28.9 Å². The van der Waals surface area contributed by atoms with E-state index in [2.05, 4.69) is 0 Å². The van der Waals surface area contributed by atoms with Crippen molar-refractivity contribution in [2.75, 3.05) is 19.1 Å². The fourth-order valence-electron chi connectivity index (χ4n) is 3.04. The number of anilines is 1. The number of esters is 2. The highest BCUT2D eigenvalue weighted by molar-refractivity contribution is 6.06. The second kappa shape index (κ2) is 7.49. The number of rotatable bonds is 5. The van der Waals surface area contributed by atoms with Crippen molar-refractivity contribution < 1.29 is 28.6 Å². The lowest BCUT2D eigenvalue weighted by Crippen LogP contribution is -2.60. The minimum atomic E-state index is -0.909. The second-order valence-electron chi connectivity index (χ2n) is 5.99. The second-order valence-corrected chi connectivity index (χ2v) is 5.99. The molecule has 0 aromatic heterocycles. The largest absolute Gasteiger partial charge is 0.497 e. The Balaban J connectivity index is 1.93. The van der Waals surface area contributed by atoms with Crippen LogP contribution < -0.4 is 9.64 Å². The number of β-lactam (4-membered cyclic amide) rings is 1. The molecule has 0 unspecified atom stereocenters. The van der Waals surface area contributed by atoms with Crippen molar-refractivity contribution in [3.63, 3.8) is 0 Å². The fourth-order valence-corrected chi connectivity index (χ4v) is 3.04. The molecule has 0 bridgehead atoms. The minimum absolute atomic E-state index is 0.308. The summed E-state index contributed by atoms with van der Waals surface area (Å²) in [5.41, 5.74) is 1.79. The Hall–Kier alpha value is -3.35. The zero-order valence-corrected chi connectivity index (χ0v) is 15.2. The summed E-state index contributed by atoms with van der Waals surface area (Å²) in [5, 5.41) is 0. The van der Waals surface area contributed by atoms with E-state index in [1.807, 2.05) is 0 Å².